The number of allylic oxidation sites excluding steroid dienone is 2. The molecule has 110 valence electrons. The molecular weight excluding hydrogens is 271 g/mol. The molecule has 0 unspecified atom stereocenters. The Morgan fingerprint density at radius 2 is 1.90 bits per heavy atom. The van der Waals surface area contributed by atoms with Crippen LogP contribution in [0.1, 0.15) is 19.4 Å². The third-order valence-corrected chi connectivity index (χ3v) is 3.19. The maximum Gasteiger partial charge on any atom is 0.320 e. The van der Waals surface area contributed by atoms with E-state index >= 15 is 0 Å². The number of aromatic nitrogens is 2. The average molecular weight is 288 g/mol. The zero-order valence-electron chi connectivity index (χ0n) is 12.3. The molecular formula is C16H17FN2O2. The van der Waals surface area contributed by atoms with Crippen molar-refractivity contribution in [2.45, 2.75) is 27.3 Å². The molecule has 21 heavy (non-hydrogen) atoms. The third-order valence-electron chi connectivity index (χ3n) is 3.19. The van der Waals surface area contributed by atoms with Crippen molar-refractivity contribution in [1.29, 1.82) is 0 Å². The summed E-state index contributed by atoms with van der Waals surface area (Å²) >= 11 is 0. The number of benzene rings is 1. The molecule has 2 aromatic rings. The maximum absolute atomic E-state index is 13.6. The zero-order chi connectivity index (χ0) is 15.6. The summed E-state index contributed by atoms with van der Waals surface area (Å²) in [4.78, 5) is 24.2. The van der Waals surface area contributed by atoms with Gasteiger partial charge in [0.15, 0.2) is 0 Å². The molecule has 0 amide bonds. The molecule has 1 heterocycles. The minimum atomic E-state index is -0.692. The van der Waals surface area contributed by atoms with E-state index in [1.165, 1.54) is 23.0 Å². The fraction of sp³-hybridized carbons (Fsp3) is 0.250. The maximum atomic E-state index is 13.6. The Balaban J connectivity index is 2.50. The van der Waals surface area contributed by atoms with E-state index < -0.39 is 16.9 Å². The number of nitrogens with zero attached hydrogens (tertiary/aromatic N) is 2. The number of rotatable bonds is 3. The predicted octanol–water partition coefficient (Wildman–Crippen LogP) is 2.41. The molecule has 0 atom stereocenters. The van der Waals surface area contributed by atoms with Gasteiger partial charge in [-0.05, 0) is 38.5 Å². The topological polar surface area (TPSA) is 44.0 Å². The molecule has 0 aliphatic rings. The molecule has 0 radical (unpaired) electrons. The Morgan fingerprint density at radius 1 is 1.19 bits per heavy atom. The van der Waals surface area contributed by atoms with Gasteiger partial charge < -0.3 is 4.57 Å². The third kappa shape index (κ3) is 3.18. The molecule has 0 aliphatic heterocycles. The van der Waals surface area contributed by atoms with E-state index in [1.54, 1.807) is 19.1 Å². The summed E-state index contributed by atoms with van der Waals surface area (Å²) in [7, 11) is 0. The first-order chi connectivity index (χ1) is 9.90. The van der Waals surface area contributed by atoms with E-state index in [4.69, 9.17) is 0 Å². The van der Waals surface area contributed by atoms with Crippen LogP contribution >= 0.6 is 0 Å². The molecule has 0 saturated heterocycles. The van der Waals surface area contributed by atoms with Crippen molar-refractivity contribution in [3.05, 3.63) is 74.3 Å². The highest BCUT2D eigenvalue weighted by atomic mass is 19.1. The van der Waals surface area contributed by atoms with Crippen LogP contribution in [0.3, 0.4) is 0 Å². The highest BCUT2D eigenvalue weighted by Crippen LogP contribution is 2.11. The van der Waals surface area contributed by atoms with E-state index in [0.717, 1.165) is 10.1 Å². The summed E-state index contributed by atoms with van der Waals surface area (Å²) in [5.74, 6) is -0.409. The molecule has 1 aromatic carbocycles. The van der Waals surface area contributed by atoms with Crippen LogP contribution in [-0.4, -0.2) is 9.13 Å². The standard InChI is InChI=1S/C16H17FN2O2/c1-11(2)6-7-18-8-9-19(16(21)15(18)20)13-5-4-12(3)14(17)10-13/h4-6,8-10H,7H2,1-3H3. The Kier molecular flexibility index (Phi) is 4.21. The molecule has 0 bridgehead atoms. The quantitative estimate of drug-likeness (QED) is 0.643. The lowest BCUT2D eigenvalue weighted by atomic mass is 10.2. The van der Waals surface area contributed by atoms with Crippen molar-refractivity contribution in [1.82, 2.24) is 9.13 Å². The number of halogens is 1. The summed E-state index contributed by atoms with van der Waals surface area (Å²) < 4.78 is 16.1. The molecule has 4 nitrogen and oxygen atoms in total. The molecule has 5 heteroatoms. The molecule has 0 N–H and O–H groups in total. The van der Waals surface area contributed by atoms with E-state index in [1.807, 2.05) is 19.9 Å². The lowest BCUT2D eigenvalue weighted by Gasteiger charge is -2.08. The molecule has 2 rings (SSSR count). The smallest absolute Gasteiger partial charge is 0.305 e. The van der Waals surface area contributed by atoms with Crippen LogP contribution in [0.4, 0.5) is 4.39 Å². The van der Waals surface area contributed by atoms with Gasteiger partial charge in [-0.15, -0.1) is 0 Å². The Bertz CT molecular complexity index is 812. The SMILES string of the molecule is CC(C)=CCn1ccn(-c2ccc(C)c(F)c2)c(=O)c1=O. The van der Waals surface area contributed by atoms with Crippen LogP contribution in [0, 0.1) is 12.7 Å². The lowest BCUT2D eigenvalue weighted by Crippen LogP contribution is -2.39. The second-order valence-electron chi connectivity index (χ2n) is 5.15. The van der Waals surface area contributed by atoms with Gasteiger partial charge in [0.25, 0.3) is 0 Å². The monoisotopic (exact) mass is 288 g/mol. The number of hydrogen-bond donors (Lipinski definition) is 0. The van der Waals surface area contributed by atoms with Gasteiger partial charge in [0.2, 0.25) is 0 Å². The summed E-state index contributed by atoms with van der Waals surface area (Å²) in [5.41, 5.74) is 0.573. The minimum Gasteiger partial charge on any atom is -0.305 e. The van der Waals surface area contributed by atoms with Gasteiger partial charge in [-0.1, -0.05) is 17.7 Å². The predicted molar refractivity (Wildman–Crippen MR) is 80.4 cm³/mol. The van der Waals surface area contributed by atoms with E-state index in [-0.39, 0.29) is 0 Å². The molecule has 0 spiro atoms. The van der Waals surface area contributed by atoms with Crippen molar-refractivity contribution in [2.75, 3.05) is 0 Å². The Morgan fingerprint density at radius 3 is 2.52 bits per heavy atom. The molecule has 0 saturated carbocycles. The average Bonchev–Trinajstić information content (AvgIpc) is 2.43. The normalized spacial score (nSPS) is 10.5. The Hall–Kier alpha value is -2.43. The highest BCUT2D eigenvalue weighted by molar-refractivity contribution is 5.35. The van der Waals surface area contributed by atoms with Crippen LogP contribution in [-0.2, 0) is 6.54 Å². The first-order valence-corrected chi connectivity index (χ1v) is 6.62. The van der Waals surface area contributed by atoms with Crippen LogP contribution in [0.15, 0.2) is 51.8 Å². The van der Waals surface area contributed by atoms with Crippen LogP contribution in [0.25, 0.3) is 5.69 Å². The van der Waals surface area contributed by atoms with Gasteiger partial charge in [-0.25, -0.2) is 4.39 Å². The molecule has 0 fully saturated rings. The van der Waals surface area contributed by atoms with Crippen molar-refractivity contribution >= 4 is 0 Å². The highest BCUT2D eigenvalue weighted by Gasteiger charge is 2.07. The minimum absolute atomic E-state index is 0.342. The van der Waals surface area contributed by atoms with Gasteiger partial charge >= 0.3 is 11.1 Å². The van der Waals surface area contributed by atoms with Crippen molar-refractivity contribution < 1.29 is 4.39 Å². The van der Waals surface area contributed by atoms with Gasteiger partial charge in [0, 0.05) is 18.9 Å². The Labute approximate surface area is 121 Å². The first kappa shape index (κ1) is 15.0. The van der Waals surface area contributed by atoms with Gasteiger partial charge in [0.1, 0.15) is 5.82 Å². The van der Waals surface area contributed by atoms with Crippen LogP contribution < -0.4 is 11.1 Å². The van der Waals surface area contributed by atoms with Crippen LogP contribution in [0.5, 0.6) is 0 Å². The zero-order valence-corrected chi connectivity index (χ0v) is 12.3. The van der Waals surface area contributed by atoms with Gasteiger partial charge in [0.05, 0.1) is 5.69 Å². The van der Waals surface area contributed by atoms with Crippen LogP contribution in [0.2, 0.25) is 0 Å². The lowest BCUT2D eigenvalue weighted by molar-refractivity contribution is 0.616. The van der Waals surface area contributed by atoms with E-state index in [2.05, 4.69) is 0 Å². The molecule has 0 aliphatic carbocycles. The fourth-order valence-corrected chi connectivity index (χ4v) is 1.87. The summed E-state index contributed by atoms with van der Waals surface area (Å²) in [6.45, 7) is 5.82. The van der Waals surface area contributed by atoms with Crippen molar-refractivity contribution in [2.24, 2.45) is 0 Å². The number of hydrogen-bond acceptors (Lipinski definition) is 2. The summed E-state index contributed by atoms with van der Waals surface area (Å²) in [6, 6.07) is 4.43. The molecule has 1 aromatic heterocycles. The largest absolute Gasteiger partial charge is 0.320 e. The first-order valence-electron chi connectivity index (χ1n) is 6.62. The number of aryl methyl sites for hydroxylation is 1. The fourth-order valence-electron chi connectivity index (χ4n) is 1.87. The van der Waals surface area contributed by atoms with Crippen molar-refractivity contribution in [3.63, 3.8) is 0 Å². The summed E-state index contributed by atoms with van der Waals surface area (Å²) in [6.07, 6.45) is 4.87. The van der Waals surface area contributed by atoms with Gasteiger partial charge in [-0.3, -0.25) is 14.2 Å². The second-order valence-corrected chi connectivity index (χ2v) is 5.15. The van der Waals surface area contributed by atoms with Crippen molar-refractivity contribution in [3.8, 4) is 5.69 Å². The van der Waals surface area contributed by atoms with E-state index in [0.29, 0.717) is 17.8 Å². The van der Waals surface area contributed by atoms with E-state index in [9.17, 15) is 14.0 Å². The second kappa shape index (κ2) is 5.91. The summed E-state index contributed by atoms with van der Waals surface area (Å²) in [5, 5.41) is 0. The van der Waals surface area contributed by atoms with Gasteiger partial charge in [-0.2, -0.15) is 0 Å².